The molecule has 47 heavy (non-hydrogen) atoms. The van der Waals surface area contributed by atoms with Gasteiger partial charge >= 0.3 is 0 Å². The molecule has 1 N–H and O–H groups in total. The standard InChI is InChI=1S/C35H44ClN3O7S/c1-5-31(35(41)37-26-13-8-7-9-14-26)38(23-25-12-10-11-15-30(25)36)34(40)24-39(27-16-18-28(19-17-27)46-6-2)47(42,43)29-20-21-32(44-3)33(22-29)45-4/h10-12,15-22,26,31H,5-9,13-14,23-24H2,1-4H3,(H,37,41)/t31-/m0/s1. The molecule has 1 saturated carbocycles. The van der Waals surface area contributed by atoms with Crippen LogP contribution in [0.2, 0.25) is 5.02 Å². The summed E-state index contributed by atoms with van der Waals surface area (Å²) in [5.74, 6) is 0.300. The molecule has 1 fully saturated rings. The van der Waals surface area contributed by atoms with Crippen molar-refractivity contribution in [1.29, 1.82) is 0 Å². The van der Waals surface area contributed by atoms with Gasteiger partial charge in [-0.2, -0.15) is 0 Å². The molecule has 0 heterocycles. The van der Waals surface area contributed by atoms with Gasteiger partial charge in [-0.1, -0.05) is 56.0 Å². The number of halogens is 1. The fourth-order valence-corrected chi connectivity index (χ4v) is 7.41. The summed E-state index contributed by atoms with van der Waals surface area (Å²) >= 11 is 6.53. The van der Waals surface area contributed by atoms with Gasteiger partial charge in [0.1, 0.15) is 18.3 Å². The third-order valence-electron chi connectivity index (χ3n) is 8.29. The van der Waals surface area contributed by atoms with Crippen LogP contribution in [0.15, 0.2) is 71.6 Å². The van der Waals surface area contributed by atoms with E-state index in [9.17, 15) is 18.0 Å². The highest BCUT2D eigenvalue weighted by molar-refractivity contribution is 7.92. The number of hydrogen-bond acceptors (Lipinski definition) is 7. The van der Waals surface area contributed by atoms with Crippen LogP contribution >= 0.6 is 11.6 Å². The van der Waals surface area contributed by atoms with E-state index < -0.39 is 28.5 Å². The predicted octanol–water partition coefficient (Wildman–Crippen LogP) is 6.21. The second-order valence-electron chi connectivity index (χ2n) is 11.3. The molecule has 10 nitrogen and oxygen atoms in total. The van der Waals surface area contributed by atoms with E-state index >= 15 is 0 Å². The van der Waals surface area contributed by atoms with Gasteiger partial charge in [0.15, 0.2) is 11.5 Å². The number of nitrogens with zero attached hydrogens (tertiary/aromatic N) is 2. The van der Waals surface area contributed by atoms with E-state index in [0.29, 0.717) is 35.1 Å². The van der Waals surface area contributed by atoms with Crippen molar-refractivity contribution in [1.82, 2.24) is 10.2 Å². The highest BCUT2D eigenvalue weighted by Gasteiger charge is 2.35. The number of nitrogens with one attached hydrogen (secondary N) is 1. The van der Waals surface area contributed by atoms with Gasteiger partial charge < -0.3 is 24.4 Å². The van der Waals surface area contributed by atoms with Crippen molar-refractivity contribution in [3.05, 3.63) is 77.3 Å². The third kappa shape index (κ3) is 8.90. The van der Waals surface area contributed by atoms with Crippen molar-refractivity contribution in [2.24, 2.45) is 0 Å². The molecule has 0 bridgehead atoms. The fourth-order valence-electron chi connectivity index (χ4n) is 5.78. The average Bonchev–Trinajstić information content (AvgIpc) is 3.08. The molecule has 0 aliphatic heterocycles. The molecule has 4 rings (SSSR count). The summed E-state index contributed by atoms with van der Waals surface area (Å²) in [6, 6.07) is 17.0. The fraction of sp³-hybridized carbons (Fsp3) is 0.429. The molecule has 1 atom stereocenters. The number of methoxy groups -OCH3 is 2. The molecule has 0 aromatic heterocycles. The van der Waals surface area contributed by atoms with Gasteiger partial charge in [-0.05, 0) is 74.2 Å². The zero-order chi connectivity index (χ0) is 34.0. The maximum absolute atomic E-state index is 14.4. The highest BCUT2D eigenvalue weighted by Crippen LogP contribution is 2.33. The lowest BCUT2D eigenvalue weighted by molar-refractivity contribution is -0.140. The summed E-state index contributed by atoms with van der Waals surface area (Å²) in [5.41, 5.74) is 0.885. The first kappa shape index (κ1) is 35.9. The van der Waals surface area contributed by atoms with Crippen LogP contribution in [0.25, 0.3) is 0 Å². The molecule has 0 saturated heterocycles. The number of ether oxygens (including phenoxy) is 3. The summed E-state index contributed by atoms with van der Waals surface area (Å²) in [5, 5.41) is 3.59. The SMILES string of the molecule is CCOc1ccc(N(CC(=O)N(Cc2ccccc2Cl)[C@@H](CC)C(=O)NC2CCCCC2)S(=O)(=O)c2ccc(OC)c(OC)c2)cc1. The molecule has 3 aromatic carbocycles. The number of carbonyl (C=O) groups excluding carboxylic acids is 2. The first-order valence-corrected chi connectivity index (χ1v) is 17.8. The quantitative estimate of drug-likeness (QED) is 0.202. The van der Waals surface area contributed by atoms with Crippen molar-refractivity contribution in [2.75, 3.05) is 31.7 Å². The normalized spacial score (nSPS) is 14.1. The van der Waals surface area contributed by atoms with Crippen LogP contribution in [0.4, 0.5) is 5.69 Å². The zero-order valence-corrected chi connectivity index (χ0v) is 29.0. The van der Waals surface area contributed by atoms with Gasteiger partial charge in [0, 0.05) is 23.7 Å². The first-order valence-electron chi connectivity index (χ1n) is 15.9. The van der Waals surface area contributed by atoms with E-state index in [1.165, 1.54) is 37.3 Å². The number of benzene rings is 3. The number of rotatable bonds is 15. The molecule has 12 heteroatoms. The van der Waals surface area contributed by atoms with Gasteiger partial charge in [0.05, 0.1) is 31.4 Å². The zero-order valence-electron chi connectivity index (χ0n) is 27.4. The number of carbonyl (C=O) groups is 2. The summed E-state index contributed by atoms with van der Waals surface area (Å²) in [6.45, 7) is 3.56. The van der Waals surface area contributed by atoms with Crippen LogP contribution < -0.4 is 23.8 Å². The lowest BCUT2D eigenvalue weighted by Crippen LogP contribution is -2.54. The van der Waals surface area contributed by atoms with Gasteiger partial charge in [0.2, 0.25) is 11.8 Å². The van der Waals surface area contributed by atoms with Gasteiger partial charge in [0.25, 0.3) is 10.0 Å². The average molecular weight is 686 g/mol. The number of hydrogen-bond donors (Lipinski definition) is 1. The Morgan fingerprint density at radius 3 is 2.23 bits per heavy atom. The van der Waals surface area contributed by atoms with E-state index in [4.69, 9.17) is 25.8 Å². The molecule has 254 valence electrons. The summed E-state index contributed by atoms with van der Waals surface area (Å²) in [6.07, 6.45) is 5.30. The van der Waals surface area contributed by atoms with E-state index in [2.05, 4.69) is 5.32 Å². The van der Waals surface area contributed by atoms with Crippen LogP contribution in [0.1, 0.15) is 57.9 Å². The van der Waals surface area contributed by atoms with E-state index in [0.717, 1.165) is 36.4 Å². The maximum atomic E-state index is 14.4. The molecule has 3 aromatic rings. The van der Waals surface area contributed by atoms with Gasteiger partial charge in [-0.25, -0.2) is 8.42 Å². The van der Waals surface area contributed by atoms with Crippen molar-refractivity contribution < 1.29 is 32.2 Å². The Labute approximate surface area is 283 Å². The van der Waals surface area contributed by atoms with Crippen molar-refractivity contribution in [2.45, 2.75) is 75.9 Å². The third-order valence-corrected chi connectivity index (χ3v) is 10.4. The van der Waals surface area contributed by atoms with Crippen molar-refractivity contribution in [3.8, 4) is 17.2 Å². The minimum Gasteiger partial charge on any atom is -0.494 e. The molecular weight excluding hydrogens is 642 g/mol. The lowest BCUT2D eigenvalue weighted by Gasteiger charge is -2.34. The number of amides is 2. The maximum Gasteiger partial charge on any atom is 0.264 e. The smallest absolute Gasteiger partial charge is 0.264 e. The lowest BCUT2D eigenvalue weighted by atomic mass is 9.95. The topological polar surface area (TPSA) is 114 Å². The van der Waals surface area contributed by atoms with Crippen LogP contribution in [-0.4, -0.2) is 64.6 Å². The Bertz CT molecular complexity index is 1610. The molecule has 0 unspecified atom stereocenters. The minimum absolute atomic E-state index is 0.0165. The van der Waals surface area contributed by atoms with Crippen LogP contribution in [0.5, 0.6) is 17.2 Å². The summed E-state index contributed by atoms with van der Waals surface area (Å²) in [4.78, 5) is 29.5. The molecular formula is C35H44ClN3O7S. The number of anilines is 1. The molecule has 2 amide bonds. The van der Waals surface area contributed by atoms with Crippen molar-refractivity contribution in [3.63, 3.8) is 0 Å². The second-order valence-corrected chi connectivity index (χ2v) is 13.6. The van der Waals surface area contributed by atoms with Crippen LogP contribution in [-0.2, 0) is 26.2 Å². The Hall–Kier alpha value is -3.96. The Kier molecular flexibility index (Phi) is 12.8. The molecule has 0 radical (unpaired) electrons. The Morgan fingerprint density at radius 1 is 0.936 bits per heavy atom. The van der Waals surface area contributed by atoms with Gasteiger partial charge in [-0.3, -0.25) is 13.9 Å². The summed E-state index contributed by atoms with van der Waals surface area (Å²) in [7, 11) is -1.47. The van der Waals surface area contributed by atoms with Crippen molar-refractivity contribution >= 4 is 39.1 Å². The number of sulfonamides is 1. The van der Waals surface area contributed by atoms with Gasteiger partial charge in [-0.15, -0.1) is 0 Å². The van der Waals surface area contributed by atoms with E-state index in [-0.39, 0.29) is 34.8 Å². The largest absolute Gasteiger partial charge is 0.494 e. The highest BCUT2D eigenvalue weighted by atomic mass is 35.5. The monoisotopic (exact) mass is 685 g/mol. The first-order chi connectivity index (χ1) is 22.6. The van der Waals surface area contributed by atoms with Crippen LogP contribution in [0.3, 0.4) is 0 Å². The van der Waals surface area contributed by atoms with E-state index in [1.807, 2.05) is 13.8 Å². The molecule has 1 aliphatic carbocycles. The summed E-state index contributed by atoms with van der Waals surface area (Å²) < 4.78 is 46.0. The minimum atomic E-state index is -4.34. The molecule has 0 spiro atoms. The Morgan fingerprint density at radius 2 is 1.62 bits per heavy atom. The second kappa shape index (κ2) is 16.7. The predicted molar refractivity (Wildman–Crippen MR) is 183 cm³/mol. The molecule has 1 aliphatic rings. The Balaban J connectivity index is 1.75. The van der Waals surface area contributed by atoms with Crippen LogP contribution in [0, 0.1) is 0 Å². The van der Waals surface area contributed by atoms with E-state index in [1.54, 1.807) is 48.5 Å².